The first-order valence-corrected chi connectivity index (χ1v) is 6.56. The highest BCUT2D eigenvalue weighted by Crippen LogP contribution is 2.33. The van der Waals surface area contributed by atoms with Gasteiger partial charge in [-0.25, -0.2) is 0 Å². The number of halogens is 1. The number of nitrogens with two attached hydrogens (primary N) is 1. The molecule has 1 aromatic carbocycles. The Balaban J connectivity index is 2.32. The van der Waals surface area contributed by atoms with Crippen LogP contribution in [0.5, 0.6) is 0 Å². The molecule has 18 heavy (non-hydrogen) atoms. The molecule has 0 fully saturated rings. The summed E-state index contributed by atoms with van der Waals surface area (Å²) in [6, 6.07) is 11.4. The lowest BCUT2D eigenvalue weighted by atomic mass is 9.89. The molecule has 4 heteroatoms. The summed E-state index contributed by atoms with van der Waals surface area (Å²) in [4.78, 5) is 3.95. The number of aromatic nitrogens is 1. The van der Waals surface area contributed by atoms with E-state index >= 15 is 0 Å². The summed E-state index contributed by atoms with van der Waals surface area (Å²) in [7, 11) is 0. The van der Waals surface area contributed by atoms with Crippen LogP contribution in [-0.2, 0) is 0 Å². The molecule has 0 spiro atoms. The standard InChI is InChI=1S/C14H15BrN2O/c15-13-4-2-1-3-11(13)12(9-16)14(18)10-5-7-17-8-6-10/h1-8,12,14,18H,9,16H2. The van der Waals surface area contributed by atoms with E-state index in [1.807, 2.05) is 36.4 Å². The maximum Gasteiger partial charge on any atom is 0.0872 e. The quantitative estimate of drug-likeness (QED) is 0.913. The highest BCUT2D eigenvalue weighted by molar-refractivity contribution is 9.10. The molecule has 2 rings (SSSR count). The predicted octanol–water partition coefficient (Wildman–Crippen LogP) is 2.62. The average Bonchev–Trinajstić information content (AvgIpc) is 2.42. The largest absolute Gasteiger partial charge is 0.388 e. The van der Waals surface area contributed by atoms with Gasteiger partial charge in [0.2, 0.25) is 0 Å². The molecular formula is C14H15BrN2O. The van der Waals surface area contributed by atoms with Gasteiger partial charge in [-0.3, -0.25) is 4.98 Å². The summed E-state index contributed by atoms with van der Waals surface area (Å²) >= 11 is 3.50. The Morgan fingerprint density at radius 1 is 1.17 bits per heavy atom. The fourth-order valence-electron chi connectivity index (χ4n) is 1.99. The monoisotopic (exact) mass is 306 g/mol. The number of aliphatic hydroxyl groups is 1. The van der Waals surface area contributed by atoms with E-state index in [0.29, 0.717) is 6.54 Å². The van der Waals surface area contributed by atoms with Crippen LogP contribution in [0.15, 0.2) is 53.3 Å². The number of nitrogens with zero attached hydrogens (tertiary/aromatic N) is 1. The van der Waals surface area contributed by atoms with Crippen molar-refractivity contribution in [2.75, 3.05) is 6.54 Å². The zero-order valence-electron chi connectivity index (χ0n) is 9.83. The molecule has 2 aromatic rings. The van der Waals surface area contributed by atoms with E-state index in [1.54, 1.807) is 12.4 Å². The molecule has 0 amide bonds. The van der Waals surface area contributed by atoms with Crippen LogP contribution < -0.4 is 5.73 Å². The maximum absolute atomic E-state index is 10.4. The summed E-state index contributed by atoms with van der Waals surface area (Å²) < 4.78 is 0.966. The maximum atomic E-state index is 10.4. The first kappa shape index (κ1) is 13.2. The Hall–Kier alpha value is -1.23. The second-order valence-corrected chi connectivity index (χ2v) is 4.94. The molecular weight excluding hydrogens is 292 g/mol. The molecule has 0 bridgehead atoms. The van der Waals surface area contributed by atoms with Gasteiger partial charge in [-0.1, -0.05) is 34.1 Å². The number of pyridine rings is 1. The van der Waals surface area contributed by atoms with Gasteiger partial charge in [-0.2, -0.15) is 0 Å². The minimum Gasteiger partial charge on any atom is -0.388 e. The third kappa shape index (κ3) is 2.77. The molecule has 3 N–H and O–H groups in total. The van der Waals surface area contributed by atoms with E-state index < -0.39 is 6.10 Å². The Kier molecular flexibility index (Phi) is 4.47. The minimum atomic E-state index is -0.628. The zero-order chi connectivity index (χ0) is 13.0. The smallest absolute Gasteiger partial charge is 0.0872 e. The SMILES string of the molecule is NCC(c1ccccc1Br)C(O)c1ccncc1. The highest BCUT2D eigenvalue weighted by Gasteiger charge is 2.22. The van der Waals surface area contributed by atoms with Gasteiger partial charge in [0.05, 0.1) is 6.10 Å². The normalized spacial score (nSPS) is 14.2. The minimum absolute atomic E-state index is 0.136. The van der Waals surface area contributed by atoms with Crippen molar-refractivity contribution in [3.8, 4) is 0 Å². The predicted molar refractivity (Wildman–Crippen MR) is 75.1 cm³/mol. The van der Waals surface area contributed by atoms with E-state index in [1.165, 1.54) is 0 Å². The fraction of sp³-hybridized carbons (Fsp3) is 0.214. The molecule has 3 nitrogen and oxygen atoms in total. The lowest BCUT2D eigenvalue weighted by Crippen LogP contribution is -2.20. The van der Waals surface area contributed by atoms with Gasteiger partial charge in [0.25, 0.3) is 0 Å². The van der Waals surface area contributed by atoms with E-state index in [9.17, 15) is 5.11 Å². The number of aliphatic hydroxyl groups excluding tert-OH is 1. The molecule has 1 aromatic heterocycles. The summed E-state index contributed by atoms with van der Waals surface area (Å²) in [6.45, 7) is 0.381. The van der Waals surface area contributed by atoms with Crippen molar-refractivity contribution in [3.63, 3.8) is 0 Å². The average molecular weight is 307 g/mol. The van der Waals surface area contributed by atoms with Gasteiger partial charge in [0, 0.05) is 29.3 Å². The van der Waals surface area contributed by atoms with Crippen molar-refractivity contribution in [3.05, 3.63) is 64.4 Å². The Labute approximate surface area is 115 Å². The molecule has 0 radical (unpaired) electrons. The molecule has 0 saturated carbocycles. The Morgan fingerprint density at radius 3 is 2.44 bits per heavy atom. The molecule has 0 aliphatic heterocycles. The van der Waals surface area contributed by atoms with Crippen LogP contribution in [-0.4, -0.2) is 16.6 Å². The van der Waals surface area contributed by atoms with E-state index in [4.69, 9.17) is 5.73 Å². The molecule has 0 aliphatic rings. The summed E-state index contributed by atoms with van der Waals surface area (Å²) in [6.07, 6.45) is 2.72. The second kappa shape index (κ2) is 6.09. The van der Waals surface area contributed by atoms with Crippen molar-refractivity contribution < 1.29 is 5.11 Å². The van der Waals surface area contributed by atoms with Crippen LogP contribution >= 0.6 is 15.9 Å². The van der Waals surface area contributed by atoms with Crippen LogP contribution in [0.1, 0.15) is 23.1 Å². The topological polar surface area (TPSA) is 59.1 Å². The Morgan fingerprint density at radius 2 is 1.83 bits per heavy atom. The first-order valence-electron chi connectivity index (χ1n) is 5.76. The van der Waals surface area contributed by atoms with Crippen molar-refractivity contribution in [2.24, 2.45) is 5.73 Å². The first-order chi connectivity index (χ1) is 8.74. The Bertz CT molecular complexity index is 504. The number of benzene rings is 1. The molecule has 2 atom stereocenters. The van der Waals surface area contributed by atoms with Crippen LogP contribution in [0.25, 0.3) is 0 Å². The van der Waals surface area contributed by atoms with Crippen molar-refractivity contribution in [1.82, 2.24) is 4.98 Å². The third-order valence-electron chi connectivity index (χ3n) is 2.99. The molecule has 94 valence electrons. The highest BCUT2D eigenvalue weighted by atomic mass is 79.9. The third-order valence-corrected chi connectivity index (χ3v) is 3.71. The molecule has 2 unspecified atom stereocenters. The van der Waals surface area contributed by atoms with Gasteiger partial charge in [0.15, 0.2) is 0 Å². The van der Waals surface area contributed by atoms with E-state index in [2.05, 4.69) is 20.9 Å². The zero-order valence-corrected chi connectivity index (χ0v) is 11.4. The van der Waals surface area contributed by atoms with Crippen molar-refractivity contribution in [1.29, 1.82) is 0 Å². The number of hydrogen-bond donors (Lipinski definition) is 2. The summed E-state index contributed by atoms with van der Waals surface area (Å²) in [5.74, 6) is -0.136. The van der Waals surface area contributed by atoms with Crippen molar-refractivity contribution >= 4 is 15.9 Å². The van der Waals surface area contributed by atoms with Crippen molar-refractivity contribution in [2.45, 2.75) is 12.0 Å². The summed E-state index contributed by atoms with van der Waals surface area (Å²) in [5.41, 5.74) is 7.66. The molecule has 1 heterocycles. The molecule has 0 aliphatic carbocycles. The van der Waals surface area contributed by atoms with Crippen LogP contribution in [0, 0.1) is 0 Å². The number of rotatable bonds is 4. The van der Waals surface area contributed by atoms with E-state index in [0.717, 1.165) is 15.6 Å². The lowest BCUT2D eigenvalue weighted by molar-refractivity contribution is 0.147. The van der Waals surface area contributed by atoms with Gasteiger partial charge >= 0.3 is 0 Å². The van der Waals surface area contributed by atoms with Crippen LogP contribution in [0.4, 0.5) is 0 Å². The van der Waals surface area contributed by atoms with Crippen LogP contribution in [0.3, 0.4) is 0 Å². The number of hydrogen-bond acceptors (Lipinski definition) is 3. The van der Waals surface area contributed by atoms with Gasteiger partial charge in [-0.05, 0) is 29.3 Å². The van der Waals surface area contributed by atoms with Gasteiger partial charge in [-0.15, -0.1) is 0 Å². The van der Waals surface area contributed by atoms with Gasteiger partial charge < -0.3 is 10.8 Å². The van der Waals surface area contributed by atoms with Crippen LogP contribution in [0.2, 0.25) is 0 Å². The lowest BCUT2D eigenvalue weighted by Gasteiger charge is -2.23. The van der Waals surface area contributed by atoms with Gasteiger partial charge in [0.1, 0.15) is 0 Å². The fourth-order valence-corrected chi connectivity index (χ4v) is 2.57. The van der Waals surface area contributed by atoms with E-state index in [-0.39, 0.29) is 5.92 Å². The summed E-state index contributed by atoms with van der Waals surface area (Å²) in [5, 5.41) is 10.4. The molecule has 0 saturated heterocycles. The second-order valence-electron chi connectivity index (χ2n) is 4.09.